The van der Waals surface area contributed by atoms with Gasteiger partial charge in [-0.1, -0.05) is 0 Å². The van der Waals surface area contributed by atoms with E-state index in [-0.39, 0.29) is 51.4 Å². The average molecular weight is 258 g/mol. The minimum absolute atomic E-state index is 0. The number of alkyl halides is 6. The molecule has 3 nitrogen and oxygen atoms in total. The van der Waals surface area contributed by atoms with E-state index >= 15 is 0 Å². The van der Waals surface area contributed by atoms with E-state index in [0.29, 0.717) is 0 Å². The molecule has 0 aromatic heterocycles. The average Bonchev–Trinajstić information content (AvgIpc) is 1.52. The van der Waals surface area contributed by atoms with Crippen molar-refractivity contribution in [1.82, 2.24) is 0 Å². The van der Waals surface area contributed by atoms with Gasteiger partial charge >= 0.3 is 73.4 Å². The molecule has 0 saturated heterocycles. The van der Waals surface area contributed by atoms with E-state index in [2.05, 4.69) is 0 Å². The second kappa shape index (κ2) is 4.77. The SMILES string of the molecule is O=S(=O)(OC(F)(F)F)C(F)(F)F.[KH]. The summed E-state index contributed by atoms with van der Waals surface area (Å²) in [7, 11) is -6.58. The standard InChI is InChI=1S/C2F6O3S.K.H/c3-1(4,5)11-12(9,10)2(6,7)8;;. The molecule has 0 radical (unpaired) electrons. The van der Waals surface area contributed by atoms with Crippen LogP contribution in [0.15, 0.2) is 0 Å². The molecule has 0 aliphatic carbocycles. The first kappa shape index (κ1) is 16.6. The van der Waals surface area contributed by atoms with Gasteiger partial charge in [-0.15, -0.1) is 13.2 Å². The summed E-state index contributed by atoms with van der Waals surface area (Å²) in [5.74, 6) is 0. The summed E-state index contributed by atoms with van der Waals surface area (Å²) in [6.07, 6.45) is -5.87. The molecule has 76 valence electrons. The van der Waals surface area contributed by atoms with Gasteiger partial charge in [0.2, 0.25) is 0 Å². The molecule has 0 aromatic rings. The van der Waals surface area contributed by atoms with E-state index in [9.17, 15) is 34.8 Å². The van der Waals surface area contributed by atoms with Gasteiger partial charge in [0.1, 0.15) is 0 Å². The molecule has 0 aliphatic rings. The Morgan fingerprint density at radius 1 is 0.923 bits per heavy atom. The minimum atomic E-state index is -6.58. The maximum absolute atomic E-state index is 11.2. The van der Waals surface area contributed by atoms with Gasteiger partial charge in [0.05, 0.1) is 0 Å². The molecule has 0 fully saturated rings. The van der Waals surface area contributed by atoms with Crippen molar-refractivity contribution in [3.05, 3.63) is 0 Å². The van der Waals surface area contributed by atoms with Crippen molar-refractivity contribution < 1.29 is 38.9 Å². The molecule has 0 spiro atoms. The molecule has 0 heterocycles. The van der Waals surface area contributed by atoms with Crippen LogP contribution in [0.25, 0.3) is 0 Å². The molecule has 0 aromatic carbocycles. The predicted molar refractivity (Wildman–Crippen MR) is 29.3 cm³/mol. The molecule has 0 bridgehead atoms. The number of rotatable bonds is 1. The predicted octanol–water partition coefficient (Wildman–Crippen LogP) is 0.724. The maximum atomic E-state index is 11.2. The first-order valence-electron chi connectivity index (χ1n) is 2.04. The van der Waals surface area contributed by atoms with Crippen molar-refractivity contribution >= 4 is 61.5 Å². The first-order valence-corrected chi connectivity index (χ1v) is 3.45. The van der Waals surface area contributed by atoms with E-state index in [1.807, 2.05) is 4.18 Å². The van der Waals surface area contributed by atoms with Crippen LogP contribution in [0.2, 0.25) is 0 Å². The van der Waals surface area contributed by atoms with E-state index in [1.54, 1.807) is 0 Å². The van der Waals surface area contributed by atoms with E-state index in [1.165, 1.54) is 0 Å². The van der Waals surface area contributed by atoms with Crippen molar-refractivity contribution in [3.8, 4) is 0 Å². The zero-order chi connectivity index (χ0) is 10.2. The molecule has 0 saturated carbocycles. The Morgan fingerprint density at radius 3 is 1.31 bits per heavy atom. The Morgan fingerprint density at radius 2 is 1.23 bits per heavy atom. The van der Waals surface area contributed by atoms with Crippen LogP contribution in [0.4, 0.5) is 26.3 Å². The summed E-state index contributed by atoms with van der Waals surface area (Å²) in [6, 6.07) is 0. The molecule has 13 heavy (non-hydrogen) atoms. The van der Waals surface area contributed by atoms with Crippen LogP contribution >= 0.6 is 0 Å². The molecule has 11 heteroatoms. The van der Waals surface area contributed by atoms with Crippen LogP contribution < -0.4 is 0 Å². The van der Waals surface area contributed by atoms with E-state index in [4.69, 9.17) is 0 Å². The summed E-state index contributed by atoms with van der Waals surface area (Å²) in [5.41, 5.74) is -6.07. The Balaban J connectivity index is 0. The summed E-state index contributed by atoms with van der Waals surface area (Å²) >= 11 is 0. The van der Waals surface area contributed by atoms with Gasteiger partial charge in [-0.25, -0.2) is 0 Å². The molecule has 0 aliphatic heterocycles. The quantitative estimate of drug-likeness (QED) is 0.301. The van der Waals surface area contributed by atoms with Gasteiger partial charge in [0, 0.05) is 0 Å². The Hall–Kier alpha value is 1.13. The van der Waals surface area contributed by atoms with E-state index in [0.717, 1.165) is 0 Å². The third-order valence-electron chi connectivity index (χ3n) is 0.488. The second-order valence-electron chi connectivity index (χ2n) is 1.43. The van der Waals surface area contributed by atoms with Gasteiger partial charge < -0.3 is 0 Å². The van der Waals surface area contributed by atoms with Crippen LogP contribution in [0.1, 0.15) is 0 Å². The summed E-state index contributed by atoms with van der Waals surface area (Å²) in [6.45, 7) is 0. The third-order valence-corrected chi connectivity index (χ3v) is 1.46. The van der Waals surface area contributed by atoms with Crippen molar-refractivity contribution in [2.75, 3.05) is 0 Å². The zero-order valence-corrected chi connectivity index (χ0v) is 5.72. The van der Waals surface area contributed by atoms with Crippen molar-refractivity contribution in [2.24, 2.45) is 0 Å². The Bertz CT molecular complexity index is 250. The Kier molecular flexibility index (Phi) is 6.07. The zero-order valence-electron chi connectivity index (χ0n) is 4.90. The first-order chi connectivity index (χ1) is 4.96. The topological polar surface area (TPSA) is 43.4 Å². The molecule has 0 amide bonds. The van der Waals surface area contributed by atoms with Gasteiger partial charge in [-0.2, -0.15) is 25.8 Å². The van der Waals surface area contributed by atoms with Gasteiger partial charge in [0.25, 0.3) is 0 Å². The van der Waals surface area contributed by atoms with Crippen LogP contribution in [0.5, 0.6) is 0 Å². The fourth-order valence-electron chi connectivity index (χ4n) is 0.172. The molecule has 0 atom stereocenters. The molecule has 0 N–H and O–H groups in total. The summed E-state index contributed by atoms with van der Waals surface area (Å²) in [4.78, 5) is 0. The summed E-state index contributed by atoms with van der Waals surface area (Å²) in [5, 5.41) is 0. The second-order valence-corrected chi connectivity index (χ2v) is 2.97. The van der Waals surface area contributed by atoms with Gasteiger partial charge in [-0.3, -0.25) is 0 Å². The van der Waals surface area contributed by atoms with E-state index < -0.39 is 22.0 Å². The third kappa shape index (κ3) is 6.25. The number of hydrogen-bond donors (Lipinski definition) is 0. The monoisotopic (exact) mass is 258 g/mol. The number of hydrogen-bond acceptors (Lipinski definition) is 3. The van der Waals surface area contributed by atoms with Crippen LogP contribution in [-0.2, 0) is 14.3 Å². The van der Waals surface area contributed by atoms with Crippen LogP contribution in [-0.4, -0.2) is 71.7 Å². The van der Waals surface area contributed by atoms with Crippen molar-refractivity contribution in [2.45, 2.75) is 11.9 Å². The van der Waals surface area contributed by atoms with Gasteiger partial charge in [0.15, 0.2) is 0 Å². The molecule has 0 rings (SSSR count). The number of halogens is 6. The molecular formula is C2HF6KO3S. The van der Waals surface area contributed by atoms with Crippen LogP contribution in [0.3, 0.4) is 0 Å². The molecular weight excluding hydrogens is 257 g/mol. The fourth-order valence-corrected chi connectivity index (χ4v) is 0.515. The molecule has 0 unspecified atom stereocenters. The summed E-state index contributed by atoms with van der Waals surface area (Å²) < 4.78 is 87.4. The fraction of sp³-hybridized carbons (Fsp3) is 1.00. The van der Waals surface area contributed by atoms with Crippen molar-refractivity contribution in [1.29, 1.82) is 0 Å². The Labute approximate surface area is 111 Å². The van der Waals surface area contributed by atoms with Crippen LogP contribution in [0, 0.1) is 0 Å². The van der Waals surface area contributed by atoms with Crippen molar-refractivity contribution in [3.63, 3.8) is 0 Å². The normalized spacial score (nSPS) is 13.7. The van der Waals surface area contributed by atoms with Gasteiger partial charge in [-0.05, 0) is 0 Å².